The van der Waals surface area contributed by atoms with E-state index >= 15 is 0 Å². The molecular weight excluding hydrogens is 268 g/mol. The first-order valence-corrected chi connectivity index (χ1v) is 7.43. The smallest absolute Gasteiger partial charge is 0.121 e. The van der Waals surface area contributed by atoms with Crippen molar-refractivity contribution in [3.63, 3.8) is 0 Å². The molecule has 4 N–H and O–H groups in total. The minimum atomic E-state index is 0.0995. The Hall–Kier alpha value is -1.63. The zero-order valence-corrected chi connectivity index (χ0v) is 12.1. The van der Waals surface area contributed by atoms with Gasteiger partial charge in [-0.2, -0.15) is 0 Å². The first kappa shape index (κ1) is 14.3. The molecule has 0 atom stereocenters. The average molecular weight is 290 g/mol. The second-order valence-electron chi connectivity index (χ2n) is 5.53. The predicted molar refractivity (Wildman–Crippen MR) is 81.8 cm³/mol. The molecule has 0 radical (unpaired) electrons. The Bertz CT molecular complexity index is 590. The van der Waals surface area contributed by atoms with Gasteiger partial charge in [0.05, 0.1) is 36.9 Å². The van der Waals surface area contributed by atoms with Crippen molar-refractivity contribution in [2.24, 2.45) is 0 Å². The number of likely N-dealkylation sites (tertiary alicyclic amines) is 1. The molecule has 0 bridgehead atoms. The van der Waals surface area contributed by atoms with Crippen LogP contribution in [-0.2, 0) is 11.3 Å². The third-order valence-corrected chi connectivity index (χ3v) is 3.91. The van der Waals surface area contributed by atoms with Crippen LogP contribution in [0.2, 0.25) is 0 Å². The highest BCUT2D eigenvalue weighted by molar-refractivity contribution is 5.78. The largest absolute Gasteiger partial charge is 0.399 e. The van der Waals surface area contributed by atoms with Crippen LogP contribution in [0.1, 0.15) is 18.7 Å². The summed E-state index contributed by atoms with van der Waals surface area (Å²) in [7, 11) is 0. The zero-order chi connectivity index (χ0) is 14.7. The first-order chi connectivity index (χ1) is 10.2. The number of hydrogen-bond acceptors (Lipinski definition) is 5. The normalized spacial score (nSPS) is 17.6. The molecule has 1 saturated heterocycles. The van der Waals surface area contributed by atoms with Gasteiger partial charge >= 0.3 is 0 Å². The topological polar surface area (TPSA) is 87.4 Å². The number of hydrogen-bond donors (Lipinski definition) is 3. The van der Waals surface area contributed by atoms with E-state index in [1.54, 1.807) is 0 Å². The maximum Gasteiger partial charge on any atom is 0.121 e. The van der Waals surface area contributed by atoms with E-state index in [9.17, 15) is 0 Å². The number of nitrogen functional groups attached to an aromatic ring is 1. The van der Waals surface area contributed by atoms with Crippen molar-refractivity contribution in [2.45, 2.75) is 25.5 Å². The van der Waals surface area contributed by atoms with E-state index in [-0.39, 0.29) is 12.7 Å². The molecule has 0 spiro atoms. The number of fused-ring (bicyclic) bond motifs is 1. The number of ether oxygens (including phenoxy) is 1. The van der Waals surface area contributed by atoms with Gasteiger partial charge in [0.2, 0.25) is 0 Å². The second-order valence-corrected chi connectivity index (χ2v) is 5.53. The lowest BCUT2D eigenvalue weighted by atomic mass is 10.1. The SMILES string of the molecule is Nc1ccc2nc(CN3CCC(OCCO)CC3)[nH]c2c1. The molecule has 1 aliphatic rings. The van der Waals surface area contributed by atoms with Gasteiger partial charge in [-0.25, -0.2) is 4.98 Å². The molecule has 0 aliphatic carbocycles. The van der Waals surface area contributed by atoms with Crippen LogP contribution in [0.3, 0.4) is 0 Å². The Labute approximate surface area is 123 Å². The highest BCUT2D eigenvalue weighted by Crippen LogP contribution is 2.18. The van der Waals surface area contributed by atoms with E-state index in [4.69, 9.17) is 15.6 Å². The minimum Gasteiger partial charge on any atom is -0.399 e. The summed E-state index contributed by atoms with van der Waals surface area (Å²) in [6.45, 7) is 3.35. The molecule has 6 heteroatoms. The summed E-state index contributed by atoms with van der Waals surface area (Å²) >= 11 is 0. The second kappa shape index (κ2) is 6.43. The Kier molecular flexibility index (Phi) is 4.38. The monoisotopic (exact) mass is 290 g/mol. The van der Waals surface area contributed by atoms with Crippen LogP contribution in [0.25, 0.3) is 11.0 Å². The minimum absolute atomic E-state index is 0.0995. The average Bonchev–Trinajstić information content (AvgIpc) is 2.88. The lowest BCUT2D eigenvalue weighted by Crippen LogP contribution is -2.37. The fourth-order valence-corrected chi connectivity index (χ4v) is 2.82. The highest BCUT2D eigenvalue weighted by Gasteiger charge is 2.20. The van der Waals surface area contributed by atoms with Crippen molar-refractivity contribution in [2.75, 3.05) is 32.0 Å². The molecule has 0 unspecified atom stereocenters. The molecule has 2 aromatic rings. The molecule has 1 aromatic carbocycles. The number of aliphatic hydroxyl groups is 1. The summed E-state index contributed by atoms with van der Waals surface area (Å²) in [5.74, 6) is 0.977. The van der Waals surface area contributed by atoms with Crippen molar-refractivity contribution in [1.82, 2.24) is 14.9 Å². The van der Waals surface area contributed by atoms with Crippen LogP contribution in [0.4, 0.5) is 5.69 Å². The molecular formula is C15H22N4O2. The van der Waals surface area contributed by atoms with Crippen LogP contribution in [0.15, 0.2) is 18.2 Å². The molecule has 2 heterocycles. The molecule has 114 valence electrons. The number of aromatic nitrogens is 2. The summed E-state index contributed by atoms with van der Waals surface area (Å²) in [5.41, 5.74) is 8.48. The van der Waals surface area contributed by atoms with Gasteiger partial charge in [0.1, 0.15) is 5.82 Å². The van der Waals surface area contributed by atoms with Gasteiger partial charge in [0.25, 0.3) is 0 Å². The van der Waals surface area contributed by atoms with Gasteiger partial charge < -0.3 is 20.6 Å². The number of benzene rings is 1. The molecule has 1 fully saturated rings. The van der Waals surface area contributed by atoms with Crippen LogP contribution in [0.5, 0.6) is 0 Å². The van der Waals surface area contributed by atoms with Gasteiger partial charge in [-0.1, -0.05) is 0 Å². The van der Waals surface area contributed by atoms with Gasteiger partial charge in [-0.3, -0.25) is 4.90 Å². The van der Waals surface area contributed by atoms with Crippen LogP contribution >= 0.6 is 0 Å². The first-order valence-electron chi connectivity index (χ1n) is 7.43. The number of aliphatic hydroxyl groups excluding tert-OH is 1. The Morgan fingerprint density at radius 2 is 2.19 bits per heavy atom. The van der Waals surface area contributed by atoms with E-state index in [1.807, 2.05) is 18.2 Å². The van der Waals surface area contributed by atoms with Crippen molar-refractivity contribution in [3.05, 3.63) is 24.0 Å². The van der Waals surface area contributed by atoms with E-state index in [0.29, 0.717) is 6.61 Å². The maximum absolute atomic E-state index is 8.78. The summed E-state index contributed by atoms with van der Waals surface area (Å²) in [4.78, 5) is 10.3. The zero-order valence-electron chi connectivity index (χ0n) is 12.1. The number of piperidine rings is 1. The Balaban J connectivity index is 1.56. The molecule has 0 saturated carbocycles. The van der Waals surface area contributed by atoms with Crippen molar-refractivity contribution >= 4 is 16.7 Å². The van der Waals surface area contributed by atoms with Gasteiger partial charge in [0, 0.05) is 18.8 Å². The molecule has 0 amide bonds. The summed E-state index contributed by atoms with van der Waals surface area (Å²) in [6, 6.07) is 5.73. The molecule has 21 heavy (non-hydrogen) atoms. The number of nitrogens with one attached hydrogen (secondary N) is 1. The summed E-state index contributed by atoms with van der Waals surface area (Å²) < 4.78 is 5.58. The van der Waals surface area contributed by atoms with Crippen LogP contribution in [-0.4, -0.2) is 52.4 Å². The fourth-order valence-electron chi connectivity index (χ4n) is 2.82. The van der Waals surface area contributed by atoms with Gasteiger partial charge in [-0.15, -0.1) is 0 Å². The van der Waals surface area contributed by atoms with Crippen molar-refractivity contribution < 1.29 is 9.84 Å². The van der Waals surface area contributed by atoms with Gasteiger partial charge in [-0.05, 0) is 31.0 Å². The van der Waals surface area contributed by atoms with Crippen LogP contribution < -0.4 is 5.73 Å². The third kappa shape index (κ3) is 3.53. The number of rotatable bonds is 5. The number of anilines is 1. The van der Waals surface area contributed by atoms with Crippen molar-refractivity contribution in [3.8, 4) is 0 Å². The number of H-pyrrole nitrogens is 1. The standard InChI is InChI=1S/C15H22N4O2/c16-11-1-2-13-14(9-11)18-15(17-13)10-19-5-3-12(4-6-19)21-8-7-20/h1-2,9,12,20H,3-8,10,16H2,(H,17,18). The highest BCUT2D eigenvalue weighted by atomic mass is 16.5. The van der Waals surface area contributed by atoms with E-state index in [0.717, 1.165) is 55.0 Å². The fraction of sp³-hybridized carbons (Fsp3) is 0.533. The van der Waals surface area contributed by atoms with E-state index in [2.05, 4.69) is 14.9 Å². The maximum atomic E-state index is 8.78. The molecule has 1 aliphatic heterocycles. The lowest BCUT2D eigenvalue weighted by molar-refractivity contribution is -0.00933. The Morgan fingerprint density at radius 1 is 1.38 bits per heavy atom. The lowest BCUT2D eigenvalue weighted by Gasteiger charge is -2.31. The number of nitrogens with two attached hydrogens (primary N) is 1. The molecule has 6 nitrogen and oxygen atoms in total. The predicted octanol–water partition coefficient (Wildman–Crippen LogP) is 1.12. The number of imidazole rings is 1. The van der Waals surface area contributed by atoms with E-state index in [1.165, 1.54) is 0 Å². The Morgan fingerprint density at radius 3 is 2.95 bits per heavy atom. The third-order valence-electron chi connectivity index (χ3n) is 3.91. The number of aromatic amines is 1. The van der Waals surface area contributed by atoms with Crippen LogP contribution in [0, 0.1) is 0 Å². The van der Waals surface area contributed by atoms with E-state index < -0.39 is 0 Å². The quantitative estimate of drug-likeness (QED) is 0.718. The summed E-state index contributed by atoms with van der Waals surface area (Å²) in [6.07, 6.45) is 2.30. The summed E-state index contributed by atoms with van der Waals surface area (Å²) in [5, 5.41) is 8.78. The van der Waals surface area contributed by atoms with Crippen molar-refractivity contribution in [1.29, 1.82) is 0 Å². The van der Waals surface area contributed by atoms with Gasteiger partial charge in [0.15, 0.2) is 0 Å². The molecule has 1 aromatic heterocycles. The molecule has 3 rings (SSSR count). The number of nitrogens with zero attached hydrogens (tertiary/aromatic N) is 2.